The lowest BCUT2D eigenvalue weighted by molar-refractivity contribution is 0.101. The van der Waals surface area contributed by atoms with Gasteiger partial charge in [0.05, 0.1) is 0 Å². The number of hydrogen-bond donors (Lipinski definition) is 0. The highest BCUT2D eigenvalue weighted by Gasteiger charge is 2.20. The van der Waals surface area contributed by atoms with E-state index in [2.05, 4.69) is 4.90 Å². The maximum absolute atomic E-state index is 13.6. The molecule has 0 spiro atoms. The van der Waals surface area contributed by atoms with E-state index in [0.29, 0.717) is 17.0 Å². The van der Waals surface area contributed by atoms with E-state index in [-0.39, 0.29) is 11.6 Å². The highest BCUT2D eigenvalue weighted by molar-refractivity contribution is 5.99. The molecule has 1 aliphatic rings. The molecular formula is C16H22FNO. The normalized spacial score (nSPS) is 15.8. The summed E-state index contributed by atoms with van der Waals surface area (Å²) in [6.07, 6.45) is 5.14. The van der Waals surface area contributed by atoms with Gasteiger partial charge in [-0.15, -0.1) is 0 Å². The van der Waals surface area contributed by atoms with Crippen LogP contribution in [0.25, 0.3) is 0 Å². The lowest BCUT2D eigenvalue weighted by atomic mass is 10.0. The first-order valence-corrected chi connectivity index (χ1v) is 7.01. The van der Waals surface area contributed by atoms with E-state index in [1.54, 1.807) is 13.0 Å². The van der Waals surface area contributed by atoms with Gasteiger partial charge in [0.2, 0.25) is 0 Å². The first-order valence-electron chi connectivity index (χ1n) is 7.01. The maximum atomic E-state index is 13.6. The summed E-state index contributed by atoms with van der Waals surface area (Å²) in [6, 6.07) is 3.17. The molecule has 104 valence electrons. The molecule has 1 fully saturated rings. The van der Waals surface area contributed by atoms with Crippen LogP contribution in [0.2, 0.25) is 0 Å². The van der Waals surface area contributed by atoms with Crippen molar-refractivity contribution >= 4 is 11.5 Å². The number of hydrogen-bond acceptors (Lipinski definition) is 2. The zero-order valence-electron chi connectivity index (χ0n) is 12.0. The highest BCUT2D eigenvalue weighted by atomic mass is 19.1. The van der Waals surface area contributed by atoms with Gasteiger partial charge >= 0.3 is 0 Å². The maximum Gasteiger partial charge on any atom is 0.161 e. The number of ketones is 1. The fraction of sp³-hybridized carbons (Fsp3) is 0.562. The lowest BCUT2D eigenvalue weighted by Gasteiger charge is -2.25. The average molecular weight is 263 g/mol. The van der Waals surface area contributed by atoms with Crippen molar-refractivity contribution in [1.82, 2.24) is 0 Å². The molecule has 0 unspecified atom stereocenters. The van der Waals surface area contributed by atoms with E-state index in [1.807, 2.05) is 7.05 Å². The molecule has 0 radical (unpaired) electrons. The number of aryl methyl sites for hydroxylation is 1. The van der Waals surface area contributed by atoms with Gasteiger partial charge in [0, 0.05) is 24.8 Å². The number of anilines is 1. The fourth-order valence-corrected chi connectivity index (χ4v) is 2.94. The smallest absolute Gasteiger partial charge is 0.161 e. The Labute approximate surface area is 114 Å². The van der Waals surface area contributed by atoms with Gasteiger partial charge in [0.1, 0.15) is 5.82 Å². The number of rotatable bonds is 4. The van der Waals surface area contributed by atoms with E-state index >= 15 is 0 Å². The lowest BCUT2D eigenvalue weighted by Crippen LogP contribution is -2.25. The van der Waals surface area contributed by atoms with Crippen molar-refractivity contribution in [2.24, 2.45) is 5.92 Å². The van der Waals surface area contributed by atoms with Crippen LogP contribution in [0.4, 0.5) is 10.1 Å². The van der Waals surface area contributed by atoms with Crippen molar-refractivity contribution < 1.29 is 9.18 Å². The number of carbonyl (C=O) groups excluding carboxylic acids is 1. The van der Waals surface area contributed by atoms with Gasteiger partial charge in [-0.05, 0) is 50.3 Å². The SMILES string of the molecule is CC(=O)c1cc(F)c(C)cc1N(C)CC1CCCC1. The van der Waals surface area contributed by atoms with E-state index in [4.69, 9.17) is 0 Å². The zero-order chi connectivity index (χ0) is 14.0. The molecule has 0 aromatic heterocycles. The zero-order valence-corrected chi connectivity index (χ0v) is 12.0. The van der Waals surface area contributed by atoms with Gasteiger partial charge in [-0.25, -0.2) is 4.39 Å². The van der Waals surface area contributed by atoms with Gasteiger partial charge in [-0.2, -0.15) is 0 Å². The summed E-state index contributed by atoms with van der Waals surface area (Å²) < 4.78 is 13.6. The average Bonchev–Trinajstić information content (AvgIpc) is 2.84. The number of carbonyl (C=O) groups is 1. The Kier molecular flexibility index (Phi) is 4.23. The molecule has 1 aromatic rings. The summed E-state index contributed by atoms with van der Waals surface area (Å²) in [4.78, 5) is 13.8. The summed E-state index contributed by atoms with van der Waals surface area (Å²) in [7, 11) is 2.00. The molecule has 0 heterocycles. The predicted molar refractivity (Wildman–Crippen MR) is 76.4 cm³/mol. The molecule has 1 saturated carbocycles. The summed E-state index contributed by atoms with van der Waals surface area (Å²) in [5, 5.41) is 0. The Morgan fingerprint density at radius 3 is 2.58 bits per heavy atom. The number of Topliss-reactive ketones (excluding diaryl/α,β-unsaturated/α-hetero) is 1. The Morgan fingerprint density at radius 2 is 2.00 bits per heavy atom. The highest BCUT2D eigenvalue weighted by Crippen LogP contribution is 2.29. The van der Waals surface area contributed by atoms with Crippen LogP contribution >= 0.6 is 0 Å². The van der Waals surface area contributed by atoms with Crippen molar-refractivity contribution in [2.45, 2.75) is 39.5 Å². The quantitative estimate of drug-likeness (QED) is 0.766. The topological polar surface area (TPSA) is 20.3 Å². The molecule has 0 bridgehead atoms. The molecule has 3 heteroatoms. The number of benzene rings is 1. The molecule has 19 heavy (non-hydrogen) atoms. The van der Waals surface area contributed by atoms with Crippen LogP contribution in [0, 0.1) is 18.7 Å². The Balaban J connectivity index is 2.26. The van der Waals surface area contributed by atoms with Crippen LogP contribution in [-0.2, 0) is 0 Å². The van der Waals surface area contributed by atoms with Crippen LogP contribution in [0.3, 0.4) is 0 Å². The summed E-state index contributed by atoms with van der Waals surface area (Å²) >= 11 is 0. The fourth-order valence-electron chi connectivity index (χ4n) is 2.94. The molecule has 1 aromatic carbocycles. The minimum absolute atomic E-state index is 0.0767. The van der Waals surface area contributed by atoms with Crippen LogP contribution in [0.5, 0.6) is 0 Å². The van der Waals surface area contributed by atoms with E-state index in [0.717, 1.165) is 12.2 Å². The molecule has 2 rings (SSSR count). The first kappa shape index (κ1) is 14.0. The van der Waals surface area contributed by atoms with E-state index in [9.17, 15) is 9.18 Å². The van der Waals surface area contributed by atoms with Gasteiger partial charge in [0.25, 0.3) is 0 Å². The summed E-state index contributed by atoms with van der Waals surface area (Å²) in [6.45, 7) is 4.19. The Morgan fingerprint density at radius 1 is 1.37 bits per heavy atom. The van der Waals surface area contributed by atoms with Crippen LogP contribution in [-0.4, -0.2) is 19.4 Å². The number of halogens is 1. The number of nitrogens with zero attached hydrogens (tertiary/aromatic N) is 1. The monoisotopic (exact) mass is 263 g/mol. The third-order valence-electron chi connectivity index (χ3n) is 4.07. The molecule has 2 nitrogen and oxygen atoms in total. The second-order valence-electron chi connectivity index (χ2n) is 5.71. The van der Waals surface area contributed by atoms with E-state index in [1.165, 1.54) is 38.7 Å². The van der Waals surface area contributed by atoms with Gasteiger partial charge in [-0.1, -0.05) is 12.8 Å². The summed E-state index contributed by atoms with van der Waals surface area (Å²) in [5.41, 5.74) is 1.94. The van der Waals surface area contributed by atoms with Crippen LogP contribution < -0.4 is 4.90 Å². The minimum Gasteiger partial charge on any atom is -0.374 e. The third-order valence-corrected chi connectivity index (χ3v) is 4.07. The Bertz CT molecular complexity index is 478. The van der Waals surface area contributed by atoms with Crippen LogP contribution in [0.15, 0.2) is 12.1 Å². The molecule has 0 aliphatic heterocycles. The molecular weight excluding hydrogens is 241 g/mol. The van der Waals surface area contributed by atoms with Gasteiger partial charge < -0.3 is 4.90 Å². The third kappa shape index (κ3) is 3.14. The minimum atomic E-state index is -0.303. The molecule has 0 amide bonds. The standard InChI is InChI=1S/C16H22FNO/c1-11-8-16(14(12(2)19)9-15(11)17)18(3)10-13-6-4-5-7-13/h8-9,13H,4-7,10H2,1-3H3. The van der Waals surface area contributed by atoms with Crippen molar-refractivity contribution in [3.8, 4) is 0 Å². The predicted octanol–water partition coefficient (Wildman–Crippen LogP) is 3.96. The van der Waals surface area contributed by atoms with Gasteiger partial charge in [-0.3, -0.25) is 4.79 Å². The van der Waals surface area contributed by atoms with Crippen molar-refractivity contribution in [1.29, 1.82) is 0 Å². The van der Waals surface area contributed by atoms with Crippen molar-refractivity contribution in [2.75, 3.05) is 18.5 Å². The van der Waals surface area contributed by atoms with Crippen LogP contribution in [0.1, 0.15) is 48.5 Å². The van der Waals surface area contributed by atoms with Crippen molar-refractivity contribution in [3.05, 3.63) is 29.1 Å². The van der Waals surface area contributed by atoms with Gasteiger partial charge in [0.15, 0.2) is 5.78 Å². The second-order valence-corrected chi connectivity index (χ2v) is 5.71. The second kappa shape index (κ2) is 5.72. The van der Waals surface area contributed by atoms with Crippen molar-refractivity contribution in [3.63, 3.8) is 0 Å². The molecule has 0 saturated heterocycles. The molecule has 1 aliphatic carbocycles. The van der Waals surface area contributed by atoms with E-state index < -0.39 is 0 Å². The molecule has 0 N–H and O–H groups in total. The largest absolute Gasteiger partial charge is 0.374 e. The first-order chi connectivity index (χ1) is 8.99. The molecule has 0 atom stereocenters. The Hall–Kier alpha value is -1.38. The summed E-state index contributed by atoms with van der Waals surface area (Å²) in [5.74, 6) is 0.325.